The van der Waals surface area contributed by atoms with E-state index in [4.69, 9.17) is 0 Å². The lowest BCUT2D eigenvalue weighted by molar-refractivity contribution is 0.219. The maximum absolute atomic E-state index is 13.3. The summed E-state index contributed by atoms with van der Waals surface area (Å²) in [5.41, 5.74) is 1.34. The summed E-state index contributed by atoms with van der Waals surface area (Å²) in [4.78, 5) is 0. The molecule has 0 saturated carbocycles. The Morgan fingerprint density at radius 3 is 2.35 bits per heavy atom. The molecule has 0 saturated heterocycles. The van der Waals surface area contributed by atoms with Crippen LogP contribution in [0.25, 0.3) is 0 Å². The molecule has 1 nitrogen and oxygen atoms in total. The zero-order valence-corrected chi connectivity index (χ0v) is 9.32. The molecule has 17 heavy (non-hydrogen) atoms. The fraction of sp³-hybridized carbons (Fsp3) is 0.143. The number of hydrogen-bond acceptors (Lipinski definition) is 1. The summed E-state index contributed by atoms with van der Waals surface area (Å²) in [6, 6.07) is 10.1. The third-order valence-corrected chi connectivity index (χ3v) is 2.68. The molecule has 0 heterocycles. The highest BCUT2D eigenvalue weighted by atomic mass is 19.1. The molecule has 0 bridgehead atoms. The predicted molar refractivity (Wildman–Crippen MR) is 61.6 cm³/mol. The molecular formula is C14H12F2O. The molecule has 0 aliphatic heterocycles. The second-order valence-electron chi connectivity index (χ2n) is 3.97. The quantitative estimate of drug-likeness (QED) is 0.844. The van der Waals surface area contributed by atoms with Gasteiger partial charge in [0.25, 0.3) is 0 Å². The molecule has 88 valence electrons. The summed E-state index contributed by atoms with van der Waals surface area (Å²) in [7, 11) is 0. The first-order chi connectivity index (χ1) is 8.08. The number of aliphatic hydroxyl groups excluding tert-OH is 1. The van der Waals surface area contributed by atoms with Crippen molar-refractivity contribution in [1.29, 1.82) is 0 Å². The number of benzene rings is 2. The van der Waals surface area contributed by atoms with Gasteiger partial charge in [-0.05, 0) is 41.8 Å². The van der Waals surface area contributed by atoms with Gasteiger partial charge in [-0.2, -0.15) is 0 Å². The van der Waals surface area contributed by atoms with Crippen molar-refractivity contribution in [2.24, 2.45) is 0 Å². The van der Waals surface area contributed by atoms with Gasteiger partial charge in [0.05, 0.1) is 0 Å². The summed E-state index contributed by atoms with van der Waals surface area (Å²) in [6.45, 7) is 1.65. The maximum atomic E-state index is 13.3. The molecule has 0 aliphatic rings. The highest BCUT2D eigenvalue weighted by Crippen LogP contribution is 2.23. The van der Waals surface area contributed by atoms with Crippen molar-refractivity contribution in [2.75, 3.05) is 0 Å². The minimum absolute atomic E-state index is 0.377. The number of aliphatic hydroxyl groups is 1. The second-order valence-corrected chi connectivity index (χ2v) is 3.97. The van der Waals surface area contributed by atoms with Crippen LogP contribution in [-0.4, -0.2) is 5.11 Å². The van der Waals surface area contributed by atoms with E-state index in [0.717, 1.165) is 0 Å². The van der Waals surface area contributed by atoms with E-state index in [0.29, 0.717) is 16.7 Å². The van der Waals surface area contributed by atoms with Crippen molar-refractivity contribution in [3.8, 4) is 0 Å². The first-order valence-electron chi connectivity index (χ1n) is 5.27. The van der Waals surface area contributed by atoms with Crippen LogP contribution in [0.4, 0.5) is 8.78 Å². The molecular weight excluding hydrogens is 222 g/mol. The van der Waals surface area contributed by atoms with Crippen LogP contribution in [0.15, 0.2) is 42.5 Å². The zero-order chi connectivity index (χ0) is 12.4. The van der Waals surface area contributed by atoms with Crippen LogP contribution in [0.2, 0.25) is 0 Å². The molecule has 0 radical (unpaired) electrons. The average molecular weight is 234 g/mol. The summed E-state index contributed by atoms with van der Waals surface area (Å²) in [6.07, 6.45) is -1.01. The van der Waals surface area contributed by atoms with Gasteiger partial charge in [0, 0.05) is 0 Å². The minimum Gasteiger partial charge on any atom is -0.384 e. The van der Waals surface area contributed by atoms with Crippen molar-refractivity contribution in [2.45, 2.75) is 13.0 Å². The Morgan fingerprint density at radius 1 is 1.00 bits per heavy atom. The van der Waals surface area contributed by atoms with Gasteiger partial charge in [0.15, 0.2) is 0 Å². The fourth-order valence-corrected chi connectivity index (χ4v) is 1.65. The SMILES string of the molecule is Cc1ccc(C(O)c2cccc(F)c2)cc1F. The molecule has 0 aromatic heterocycles. The first kappa shape index (κ1) is 11.7. The van der Waals surface area contributed by atoms with Crippen LogP contribution >= 0.6 is 0 Å². The van der Waals surface area contributed by atoms with Crippen LogP contribution in [0.3, 0.4) is 0 Å². The van der Waals surface area contributed by atoms with E-state index in [1.165, 1.54) is 24.3 Å². The lowest BCUT2D eigenvalue weighted by Gasteiger charge is -2.12. The topological polar surface area (TPSA) is 20.2 Å². The molecule has 1 unspecified atom stereocenters. The van der Waals surface area contributed by atoms with Gasteiger partial charge in [-0.3, -0.25) is 0 Å². The molecule has 3 heteroatoms. The Kier molecular flexibility index (Phi) is 3.20. The lowest BCUT2D eigenvalue weighted by Crippen LogP contribution is -2.01. The van der Waals surface area contributed by atoms with Crippen LogP contribution in [0.1, 0.15) is 22.8 Å². The Bertz CT molecular complexity index is 537. The second kappa shape index (κ2) is 4.63. The van der Waals surface area contributed by atoms with Gasteiger partial charge in [-0.25, -0.2) is 8.78 Å². The summed E-state index contributed by atoms with van der Waals surface area (Å²) in [5, 5.41) is 10.00. The normalized spacial score (nSPS) is 12.5. The Hall–Kier alpha value is -1.74. The average Bonchev–Trinajstić information content (AvgIpc) is 2.32. The van der Waals surface area contributed by atoms with E-state index < -0.39 is 11.9 Å². The molecule has 0 spiro atoms. The van der Waals surface area contributed by atoms with Crippen LogP contribution in [0.5, 0.6) is 0 Å². The van der Waals surface area contributed by atoms with Crippen LogP contribution in [0, 0.1) is 18.6 Å². The van der Waals surface area contributed by atoms with Crippen molar-refractivity contribution in [1.82, 2.24) is 0 Å². The monoisotopic (exact) mass is 234 g/mol. The Labute approximate surface area is 98.3 Å². The standard InChI is InChI=1S/C14H12F2O/c1-9-5-6-11(8-13(9)16)14(17)10-3-2-4-12(15)7-10/h2-8,14,17H,1H3. The molecule has 0 amide bonds. The number of aryl methyl sites for hydroxylation is 1. The van der Waals surface area contributed by atoms with E-state index in [2.05, 4.69) is 0 Å². The predicted octanol–water partition coefficient (Wildman–Crippen LogP) is 3.35. The number of hydrogen-bond donors (Lipinski definition) is 1. The molecule has 2 aromatic carbocycles. The third kappa shape index (κ3) is 2.50. The van der Waals surface area contributed by atoms with E-state index in [9.17, 15) is 13.9 Å². The molecule has 0 aliphatic carbocycles. The largest absolute Gasteiger partial charge is 0.384 e. The Balaban J connectivity index is 2.36. The molecule has 1 N–H and O–H groups in total. The van der Waals surface area contributed by atoms with Gasteiger partial charge < -0.3 is 5.11 Å². The molecule has 0 fully saturated rings. The fourth-order valence-electron chi connectivity index (χ4n) is 1.65. The van der Waals surface area contributed by atoms with Gasteiger partial charge in [-0.1, -0.05) is 24.3 Å². The summed E-state index contributed by atoms with van der Waals surface area (Å²) < 4.78 is 26.4. The van der Waals surface area contributed by atoms with Gasteiger partial charge >= 0.3 is 0 Å². The van der Waals surface area contributed by atoms with E-state index in [1.807, 2.05) is 0 Å². The van der Waals surface area contributed by atoms with Gasteiger partial charge in [0.1, 0.15) is 17.7 Å². The van der Waals surface area contributed by atoms with Crippen molar-refractivity contribution >= 4 is 0 Å². The van der Waals surface area contributed by atoms with Gasteiger partial charge in [0.2, 0.25) is 0 Å². The Morgan fingerprint density at radius 2 is 1.71 bits per heavy atom. The molecule has 2 aromatic rings. The van der Waals surface area contributed by atoms with Crippen molar-refractivity contribution < 1.29 is 13.9 Å². The summed E-state index contributed by atoms with van der Waals surface area (Å²) in [5.74, 6) is -0.799. The highest BCUT2D eigenvalue weighted by Gasteiger charge is 2.12. The van der Waals surface area contributed by atoms with Crippen LogP contribution in [-0.2, 0) is 0 Å². The van der Waals surface area contributed by atoms with Crippen molar-refractivity contribution in [3.63, 3.8) is 0 Å². The maximum Gasteiger partial charge on any atom is 0.126 e. The van der Waals surface area contributed by atoms with E-state index in [1.54, 1.807) is 25.1 Å². The highest BCUT2D eigenvalue weighted by molar-refractivity contribution is 5.32. The van der Waals surface area contributed by atoms with E-state index in [-0.39, 0.29) is 5.82 Å². The smallest absolute Gasteiger partial charge is 0.126 e. The lowest BCUT2D eigenvalue weighted by atomic mass is 10.0. The van der Waals surface area contributed by atoms with Gasteiger partial charge in [-0.15, -0.1) is 0 Å². The van der Waals surface area contributed by atoms with E-state index >= 15 is 0 Å². The third-order valence-electron chi connectivity index (χ3n) is 2.68. The van der Waals surface area contributed by atoms with Crippen LogP contribution < -0.4 is 0 Å². The summed E-state index contributed by atoms with van der Waals surface area (Å²) >= 11 is 0. The number of halogens is 2. The van der Waals surface area contributed by atoms with Crippen molar-refractivity contribution in [3.05, 3.63) is 70.8 Å². The first-order valence-corrected chi connectivity index (χ1v) is 5.27. The zero-order valence-electron chi connectivity index (χ0n) is 9.32. The molecule has 1 atom stereocenters. The number of rotatable bonds is 2. The minimum atomic E-state index is -1.01. The molecule has 2 rings (SSSR count).